The molecular weight excluding hydrogens is 229 g/mol. The van der Waals surface area contributed by atoms with E-state index in [4.69, 9.17) is 22.1 Å². The quantitative estimate of drug-likeness (QED) is 0.866. The number of halogens is 2. The molecule has 2 unspecified atom stereocenters. The minimum absolute atomic E-state index is 0.0808. The summed E-state index contributed by atoms with van der Waals surface area (Å²) in [5.74, 6) is -0.371. The van der Waals surface area contributed by atoms with E-state index >= 15 is 0 Å². The number of hydrogen-bond donors (Lipinski definition) is 1. The lowest BCUT2D eigenvalue weighted by Crippen LogP contribution is -2.28. The first-order valence-electron chi connectivity index (χ1n) is 5.25. The third-order valence-electron chi connectivity index (χ3n) is 2.55. The maximum Gasteiger partial charge on any atom is 0.145 e. The number of benzene rings is 1. The van der Waals surface area contributed by atoms with E-state index in [1.54, 1.807) is 19.2 Å². The first kappa shape index (κ1) is 13.4. The summed E-state index contributed by atoms with van der Waals surface area (Å²) in [6.45, 7) is 1.94. The first-order chi connectivity index (χ1) is 7.54. The Hall–Kier alpha value is -0.640. The minimum atomic E-state index is -0.371. The SMILES string of the molecule is COC(C)CC(N)Cc1cccc(Cl)c1F. The average molecular weight is 246 g/mol. The Morgan fingerprint density at radius 2 is 2.19 bits per heavy atom. The van der Waals surface area contributed by atoms with Gasteiger partial charge in [0.15, 0.2) is 0 Å². The summed E-state index contributed by atoms with van der Waals surface area (Å²) in [7, 11) is 1.64. The van der Waals surface area contributed by atoms with Crippen LogP contribution in [0.25, 0.3) is 0 Å². The zero-order valence-electron chi connectivity index (χ0n) is 9.54. The summed E-state index contributed by atoms with van der Waals surface area (Å²) in [6, 6.07) is 4.85. The monoisotopic (exact) mass is 245 g/mol. The van der Waals surface area contributed by atoms with Crippen LogP contribution in [0.15, 0.2) is 18.2 Å². The van der Waals surface area contributed by atoms with Gasteiger partial charge in [0.05, 0.1) is 11.1 Å². The van der Waals surface area contributed by atoms with Gasteiger partial charge in [0.2, 0.25) is 0 Å². The van der Waals surface area contributed by atoms with Crippen LogP contribution in [-0.4, -0.2) is 19.3 Å². The Bertz CT molecular complexity index is 346. The van der Waals surface area contributed by atoms with Crippen molar-refractivity contribution in [1.29, 1.82) is 0 Å². The number of ether oxygens (including phenoxy) is 1. The van der Waals surface area contributed by atoms with Gasteiger partial charge < -0.3 is 10.5 Å². The van der Waals surface area contributed by atoms with Crippen LogP contribution >= 0.6 is 11.6 Å². The molecule has 0 amide bonds. The van der Waals surface area contributed by atoms with E-state index in [2.05, 4.69) is 0 Å². The average Bonchev–Trinajstić information content (AvgIpc) is 2.24. The fraction of sp³-hybridized carbons (Fsp3) is 0.500. The van der Waals surface area contributed by atoms with Crippen LogP contribution in [0.4, 0.5) is 4.39 Å². The van der Waals surface area contributed by atoms with Gasteiger partial charge in [-0.1, -0.05) is 23.7 Å². The van der Waals surface area contributed by atoms with Gasteiger partial charge in [0.1, 0.15) is 5.82 Å². The molecular formula is C12H17ClFNO. The molecule has 1 rings (SSSR count). The maximum atomic E-state index is 13.6. The van der Waals surface area contributed by atoms with Crippen LogP contribution in [-0.2, 0) is 11.2 Å². The number of hydrogen-bond acceptors (Lipinski definition) is 2. The molecule has 0 aliphatic heterocycles. The second-order valence-corrected chi connectivity index (χ2v) is 4.37. The van der Waals surface area contributed by atoms with E-state index in [9.17, 15) is 4.39 Å². The Morgan fingerprint density at radius 1 is 1.50 bits per heavy atom. The van der Waals surface area contributed by atoms with Crippen molar-refractivity contribution in [2.45, 2.75) is 31.9 Å². The predicted octanol–water partition coefficient (Wildman–Crippen LogP) is 2.77. The first-order valence-corrected chi connectivity index (χ1v) is 5.63. The summed E-state index contributed by atoms with van der Waals surface area (Å²) in [6.07, 6.45) is 1.25. The summed E-state index contributed by atoms with van der Waals surface area (Å²) >= 11 is 5.69. The molecule has 0 aromatic heterocycles. The molecule has 90 valence electrons. The third-order valence-corrected chi connectivity index (χ3v) is 2.84. The van der Waals surface area contributed by atoms with Crippen molar-refractivity contribution >= 4 is 11.6 Å². The molecule has 0 saturated carbocycles. The van der Waals surface area contributed by atoms with Crippen molar-refractivity contribution < 1.29 is 9.13 Å². The van der Waals surface area contributed by atoms with E-state index in [0.717, 1.165) is 0 Å². The van der Waals surface area contributed by atoms with E-state index in [-0.39, 0.29) is 23.0 Å². The highest BCUT2D eigenvalue weighted by molar-refractivity contribution is 6.30. The second kappa shape index (κ2) is 6.18. The zero-order valence-corrected chi connectivity index (χ0v) is 10.3. The van der Waals surface area contributed by atoms with Crippen LogP contribution in [0.3, 0.4) is 0 Å². The fourth-order valence-electron chi connectivity index (χ4n) is 1.59. The van der Waals surface area contributed by atoms with Crippen LogP contribution < -0.4 is 5.73 Å². The molecule has 1 aromatic rings. The van der Waals surface area contributed by atoms with Gasteiger partial charge in [-0.3, -0.25) is 0 Å². The molecule has 0 aliphatic rings. The summed E-state index contributed by atoms with van der Waals surface area (Å²) in [5, 5.41) is 0.143. The minimum Gasteiger partial charge on any atom is -0.382 e. The molecule has 0 heterocycles. The van der Waals surface area contributed by atoms with Crippen molar-refractivity contribution in [3.63, 3.8) is 0 Å². The number of rotatable bonds is 5. The van der Waals surface area contributed by atoms with Crippen molar-refractivity contribution in [2.24, 2.45) is 5.73 Å². The van der Waals surface area contributed by atoms with Gasteiger partial charge in [0, 0.05) is 13.2 Å². The summed E-state index contributed by atoms with van der Waals surface area (Å²) < 4.78 is 18.7. The van der Waals surface area contributed by atoms with Gasteiger partial charge >= 0.3 is 0 Å². The Balaban J connectivity index is 2.62. The topological polar surface area (TPSA) is 35.2 Å². The highest BCUT2D eigenvalue weighted by Crippen LogP contribution is 2.19. The van der Waals surface area contributed by atoms with Crippen LogP contribution in [0.2, 0.25) is 5.02 Å². The van der Waals surface area contributed by atoms with Crippen molar-refractivity contribution in [3.8, 4) is 0 Å². The Kier molecular flexibility index (Phi) is 5.19. The van der Waals surface area contributed by atoms with Gasteiger partial charge in [-0.05, 0) is 31.4 Å². The van der Waals surface area contributed by atoms with Gasteiger partial charge in [-0.2, -0.15) is 0 Å². The molecule has 0 spiro atoms. The normalized spacial score (nSPS) is 14.8. The number of nitrogens with two attached hydrogens (primary N) is 1. The van der Waals surface area contributed by atoms with Gasteiger partial charge in [0.25, 0.3) is 0 Å². The molecule has 0 saturated heterocycles. The van der Waals surface area contributed by atoms with Crippen LogP contribution in [0.1, 0.15) is 18.9 Å². The second-order valence-electron chi connectivity index (χ2n) is 3.96. The molecule has 4 heteroatoms. The van der Waals surface area contributed by atoms with Gasteiger partial charge in [-0.15, -0.1) is 0 Å². The van der Waals surface area contributed by atoms with E-state index in [1.807, 2.05) is 6.92 Å². The van der Waals surface area contributed by atoms with Crippen molar-refractivity contribution in [1.82, 2.24) is 0 Å². The molecule has 16 heavy (non-hydrogen) atoms. The lowest BCUT2D eigenvalue weighted by atomic mass is 10.0. The Morgan fingerprint density at radius 3 is 2.81 bits per heavy atom. The van der Waals surface area contributed by atoms with Crippen molar-refractivity contribution in [3.05, 3.63) is 34.6 Å². The molecule has 1 aromatic carbocycles. The zero-order chi connectivity index (χ0) is 12.1. The predicted molar refractivity (Wildman–Crippen MR) is 64.2 cm³/mol. The largest absolute Gasteiger partial charge is 0.382 e. The van der Waals surface area contributed by atoms with E-state index in [1.165, 1.54) is 6.07 Å². The summed E-state index contributed by atoms with van der Waals surface area (Å²) in [5.41, 5.74) is 6.47. The lowest BCUT2D eigenvalue weighted by Gasteiger charge is -2.16. The standard InChI is InChI=1S/C12H17ClFNO/c1-8(16-2)6-10(15)7-9-4-3-5-11(13)12(9)14/h3-5,8,10H,6-7,15H2,1-2H3. The molecule has 2 nitrogen and oxygen atoms in total. The maximum absolute atomic E-state index is 13.6. The fourth-order valence-corrected chi connectivity index (χ4v) is 1.79. The molecule has 2 N–H and O–H groups in total. The van der Waals surface area contributed by atoms with E-state index in [0.29, 0.717) is 18.4 Å². The molecule has 0 aliphatic carbocycles. The summed E-state index contributed by atoms with van der Waals surface area (Å²) in [4.78, 5) is 0. The smallest absolute Gasteiger partial charge is 0.145 e. The highest BCUT2D eigenvalue weighted by atomic mass is 35.5. The van der Waals surface area contributed by atoms with Crippen LogP contribution in [0, 0.1) is 5.82 Å². The Labute approximate surface area is 101 Å². The molecule has 0 bridgehead atoms. The molecule has 0 radical (unpaired) electrons. The molecule has 0 fully saturated rings. The lowest BCUT2D eigenvalue weighted by molar-refractivity contribution is 0.104. The third kappa shape index (κ3) is 3.74. The van der Waals surface area contributed by atoms with Crippen molar-refractivity contribution in [2.75, 3.05) is 7.11 Å². The molecule has 2 atom stereocenters. The van der Waals surface area contributed by atoms with Crippen LogP contribution in [0.5, 0.6) is 0 Å². The van der Waals surface area contributed by atoms with E-state index < -0.39 is 0 Å². The number of methoxy groups -OCH3 is 1. The highest BCUT2D eigenvalue weighted by Gasteiger charge is 2.13. The van der Waals surface area contributed by atoms with Gasteiger partial charge in [-0.25, -0.2) is 4.39 Å².